The van der Waals surface area contributed by atoms with Gasteiger partial charge in [0.2, 0.25) is 0 Å². The van der Waals surface area contributed by atoms with E-state index in [1.54, 1.807) is 0 Å². The van der Waals surface area contributed by atoms with E-state index in [0.29, 0.717) is 0 Å². The second kappa shape index (κ2) is 3.60. The van der Waals surface area contributed by atoms with Gasteiger partial charge >= 0.3 is 0 Å². The zero-order chi connectivity index (χ0) is 8.43. The van der Waals surface area contributed by atoms with Crippen LogP contribution in [0.5, 0.6) is 0 Å². The fourth-order valence-electron chi connectivity index (χ4n) is 2.17. The van der Waals surface area contributed by atoms with Gasteiger partial charge in [-0.25, -0.2) is 0 Å². The minimum absolute atomic E-state index is 0.954. The van der Waals surface area contributed by atoms with E-state index in [1.165, 1.54) is 19.3 Å². The molecule has 0 spiro atoms. The first-order valence-electron chi connectivity index (χ1n) is 5.15. The Kier molecular flexibility index (Phi) is 2.98. The van der Waals surface area contributed by atoms with Crippen LogP contribution in [-0.4, -0.2) is 0 Å². The van der Waals surface area contributed by atoms with Gasteiger partial charge in [0.05, 0.1) is 0 Å². The quantitative estimate of drug-likeness (QED) is 0.581. The SMILES string of the molecule is CCC(C)CC1C[C@H](C)C1C. The molecule has 0 aliphatic heterocycles. The van der Waals surface area contributed by atoms with E-state index >= 15 is 0 Å². The molecule has 0 aromatic heterocycles. The first-order valence-corrected chi connectivity index (χ1v) is 5.15. The highest BCUT2D eigenvalue weighted by Crippen LogP contribution is 2.43. The molecule has 0 bridgehead atoms. The summed E-state index contributed by atoms with van der Waals surface area (Å²) < 4.78 is 0. The minimum atomic E-state index is 0.954. The molecule has 4 atom stereocenters. The molecule has 0 aromatic rings. The van der Waals surface area contributed by atoms with Gasteiger partial charge in [-0.15, -0.1) is 0 Å². The summed E-state index contributed by atoms with van der Waals surface area (Å²) in [5, 5.41) is 0. The molecule has 1 aliphatic rings. The monoisotopic (exact) mass is 154 g/mol. The van der Waals surface area contributed by atoms with Gasteiger partial charge in [-0.2, -0.15) is 0 Å². The molecule has 1 aliphatic carbocycles. The maximum absolute atomic E-state index is 2.42. The van der Waals surface area contributed by atoms with E-state index in [-0.39, 0.29) is 0 Å². The lowest BCUT2D eigenvalue weighted by atomic mass is 9.64. The Morgan fingerprint density at radius 2 is 2.00 bits per heavy atom. The summed E-state index contributed by atoms with van der Waals surface area (Å²) in [6.07, 6.45) is 4.32. The molecule has 0 nitrogen and oxygen atoms in total. The summed E-state index contributed by atoms with van der Waals surface area (Å²) in [7, 11) is 0. The Balaban J connectivity index is 2.19. The molecular formula is C11H22. The van der Waals surface area contributed by atoms with Crippen molar-refractivity contribution in [3.05, 3.63) is 0 Å². The largest absolute Gasteiger partial charge is 0.0651 e. The third-order valence-corrected chi connectivity index (χ3v) is 3.72. The molecule has 3 unspecified atom stereocenters. The lowest BCUT2D eigenvalue weighted by Crippen LogP contribution is -2.33. The standard InChI is InChI=1S/C11H22/c1-5-8(2)6-11-7-9(3)10(11)4/h8-11H,5-7H2,1-4H3/t8?,9-,10?,11?/m0/s1. The van der Waals surface area contributed by atoms with E-state index in [0.717, 1.165) is 23.7 Å². The van der Waals surface area contributed by atoms with Gasteiger partial charge in [-0.1, -0.05) is 34.1 Å². The first-order chi connectivity index (χ1) is 5.15. The number of hydrogen-bond acceptors (Lipinski definition) is 0. The second-order valence-corrected chi connectivity index (χ2v) is 4.58. The average Bonchev–Trinajstić information content (AvgIpc) is 2.03. The van der Waals surface area contributed by atoms with Crippen LogP contribution in [0.2, 0.25) is 0 Å². The molecule has 1 fully saturated rings. The molecule has 0 N–H and O–H groups in total. The molecule has 0 amide bonds. The Morgan fingerprint density at radius 1 is 1.36 bits per heavy atom. The molecular weight excluding hydrogens is 132 g/mol. The van der Waals surface area contributed by atoms with Crippen LogP contribution in [0.1, 0.15) is 47.0 Å². The Labute approximate surface area is 71.4 Å². The van der Waals surface area contributed by atoms with Crippen LogP contribution < -0.4 is 0 Å². The highest BCUT2D eigenvalue weighted by molar-refractivity contribution is 4.84. The predicted molar refractivity (Wildman–Crippen MR) is 50.5 cm³/mol. The minimum Gasteiger partial charge on any atom is -0.0651 e. The molecule has 0 heterocycles. The van der Waals surface area contributed by atoms with Crippen molar-refractivity contribution in [1.82, 2.24) is 0 Å². The van der Waals surface area contributed by atoms with E-state index < -0.39 is 0 Å². The molecule has 1 saturated carbocycles. The van der Waals surface area contributed by atoms with Crippen LogP contribution in [0, 0.1) is 23.7 Å². The van der Waals surface area contributed by atoms with Gasteiger partial charge in [0.1, 0.15) is 0 Å². The van der Waals surface area contributed by atoms with Gasteiger partial charge in [0.15, 0.2) is 0 Å². The number of hydrogen-bond donors (Lipinski definition) is 0. The second-order valence-electron chi connectivity index (χ2n) is 4.58. The van der Waals surface area contributed by atoms with Gasteiger partial charge in [-0.3, -0.25) is 0 Å². The lowest BCUT2D eigenvalue weighted by Gasteiger charge is -2.42. The maximum atomic E-state index is 2.42. The summed E-state index contributed by atoms with van der Waals surface area (Å²) in [5.74, 6) is 4.02. The summed E-state index contributed by atoms with van der Waals surface area (Å²) in [5.41, 5.74) is 0. The third-order valence-electron chi connectivity index (χ3n) is 3.72. The van der Waals surface area contributed by atoms with Crippen molar-refractivity contribution in [3.63, 3.8) is 0 Å². The van der Waals surface area contributed by atoms with Crippen LogP contribution in [-0.2, 0) is 0 Å². The maximum Gasteiger partial charge on any atom is -0.0381 e. The number of rotatable bonds is 3. The summed E-state index contributed by atoms with van der Waals surface area (Å²) in [6, 6.07) is 0. The Morgan fingerprint density at radius 3 is 2.36 bits per heavy atom. The van der Waals surface area contributed by atoms with Crippen molar-refractivity contribution in [2.45, 2.75) is 47.0 Å². The van der Waals surface area contributed by atoms with Gasteiger partial charge < -0.3 is 0 Å². The molecule has 1 rings (SSSR count). The molecule has 0 heteroatoms. The fraction of sp³-hybridized carbons (Fsp3) is 1.00. The lowest BCUT2D eigenvalue weighted by molar-refractivity contribution is 0.0804. The fourth-order valence-corrected chi connectivity index (χ4v) is 2.17. The van der Waals surface area contributed by atoms with E-state index in [1.807, 2.05) is 0 Å². The van der Waals surface area contributed by atoms with Crippen molar-refractivity contribution in [3.8, 4) is 0 Å². The van der Waals surface area contributed by atoms with Crippen LogP contribution in [0.25, 0.3) is 0 Å². The van der Waals surface area contributed by atoms with Gasteiger partial charge in [0.25, 0.3) is 0 Å². The zero-order valence-corrected chi connectivity index (χ0v) is 8.43. The molecule has 66 valence electrons. The highest BCUT2D eigenvalue weighted by atomic mass is 14.4. The Hall–Kier alpha value is 0. The normalized spacial score (nSPS) is 39.8. The van der Waals surface area contributed by atoms with E-state index in [2.05, 4.69) is 27.7 Å². The van der Waals surface area contributed by atoms with E-state index in [4.69, 9.17) is 0 Å². The van der Waals surface area contributed by atoms with Crippen LogP contribution in [0.3, 0.4) is 0 Å². The summed E-state index contributed by atoms with van der Waals surface area (Å²) >= 11 is 0. The molecule has 0 radical (unpaired) electrons. The highest BCUT2D eigenvalue weighted by Gasteiger charge is 2.34. The van der Waals surface area contributed by atoms with Gasteiger partial charge in [0, 0.05) is 0 Å². The average molecular weight is 154 g/mol. The molecule has 11 heavy (non-hydrogen) atoms. The van der Waals surface area contributed by atoms with Crippen molar-refractivity contribution in [2.75, 3.05) is 0 Å². The Bertz CT molecular complexity index is 117. The van der Waals surface area contributed by atoms with Crippen LogP contribution >= 0.6 is 0 Å². The van der Waals surface area contributed by atoms with Crippen molar-refractivity contribution >= 4 is 0 Å². The van der Waals surface area contributed by atoms with Crippen molar-refractivity contribution in [2.24, 2.45) is 23.7 Å². The smallest absolute Gasteiger partial charge is 0.0381 e. The summed E-state index contributed by atoms with van der Waals surface area (Å²) in [6.45, 7) is 9.49. The third kappa shape index (κ3) is 1.98. The zero-order valence-electron chi connectivity index (χ0n) is 8.43. The first kappa shape index (κ1) is 9.09. The molecule has 0 saturated heterocycles. The van der Waals surface area contributed by atoms with Crippen molar-refractivity contribution < 1.29 is 0 Å². The predicted octanol–water partition coefficient (Wildman–Crippen LogP) is 3.71. The molecule has 0 aromatic carbocycles. The summed E-state index contributed by atoms with van der Waals surface area (Å²) in [4.78, 5) is 0. The van der Waals surface area contributed by atoms with E-state index in [9.17, 15) is 0 Å². The topological polar surface area (TPSA) is 0 Å². The van der Waals surface area contributed by atoms with Crippen molar-refractivity contribution in [1.29, 1.82) is 0 Å². The van der Waals surface area contributed by atoms with Crippen LogP contribution in [0.15, 0.2) is 0 Å². The van der Waals surface area contributed by atoms with Gasteiger partial charge in [-0.05, 0) is 36.5 Å². The van der Waals surface area contributed by atoms with Crippen LogP contribution in [0.4, 0.5) is 0 Å².